The van der Waals surface area contributed by atoms with Crippen LogP contribution in [-0.4, -0.2) is 30.9 Å². The topological polar surface area (TPSA) is 58.4 Å². The number of halogens is 1. The first-order valence-electron chi connectivity index (χ1n) is 7.62. The number of nitrogens with one attached hydrogen (secondary N) is 1. The normalized spacial score (nSPS) is 10.7. The van der Waals surface area contributed by atoms with Gasteiger partial charge in [0.15, 0.2) is 0 Å². The lowest BCUT2D eigenvalue weighted by atomic mass is 10.1. The smallest absolute Gasteiger partial charge is 0.253 e. The fourth-order valence-corrected chi connectivity index (χ4v) is 2.52. The summed E-state index contributed by atoms with van der Waals surface area (Å²) in [4.78, 5) is 14.3. The second kappa shape index (κ2) is 8.56. The molecule has 0 spiro atoms. The Kier molecular flexibility index (Phi) is 6.44. The molecule has 0 aliphatic heterocycles. The molecule has 0 radical (unpaired) electrons. The number of benzene rings is 2. The van der Waals surface area contributed by atoms with Crippen molar-refractivity contribution in [3.63, 3.8) is 0 Å². The predicted octanol–water partition coefficient (Wildman–Crippen LogP) is 3.17. The summed E-state index contributed by atoms with van der Waals surface area (Å²) in [5.41, 5.74) is 7.95. The lowest BCUT2D eigenvalue weighted by Crippen LogP contribution is -2.28. The zero-order valence-corrected chi connectivity index (χ0v) is 14.0. The first-order valence-corrected chi connectivity index (χ1v) is 8.00. The Hall–Kier alpha value is -2.04. The van der Waals surface area contributed by atoms with Crippen LogP contribution in [0.3, 0.4) is 0 Å². The molecule has 122 valence electrons. The minimum atomic E-state index is -0.185. The van der Waals surface area contributed by atoms with Crippen molar-refractivity contribution in [2.45, 2.75) is 13.0 Å². The third-order valence-electron chi connectivity index (χ3n) is 3.56. The van der Waals surface area contributed by atoms with Gasteiger partial charge < -0.3 is 16.0 Å². The molecule has 0 aliphatic carbocycles. The molecular formula is C18H22ClN3O. The molecule has 23 heavy (non-hydrogen) atoms. The number of nitrogens with zero attached hydrogens (tertiary/aromatic N) is 1. The molecule has 3 N–H and O–H groups in total. The van der Waals surface area contributed by atoms with Crippen LogP contribution in [0.5, 0.6) is 0 Å². The predicted molar refractivity (Wildman–Crippen MR) is 95.6 cm³/mol. The van der Waals surface area contributed by atoms with E-state index in [9.17, 15) is 4.79 Å². The van der Waals surface area contributed by atoms with Gasteiger partial charge >= 0.3 is 0 Å². The zero-order chi connectivity index (χ0) is 16.7. The fraction of sp³-hybridized carbons (Fsp3) is 0.278. The fourth-order valence-electron chi connectivity index (χ4n) is 2.35. The summed E-state index contributed by atoms with van der Waals surface area (Å²) in [6.07, 6.45) is 0.871. The van der Waals surface area contributed by atoms with Crippen LogP contribution in [0.4, 0.5) is 5.69 Å². The van der Waals surface area contributed by atoms with Crippen LogP contribution in [0.25, 0.3) is 0 Å². The van der Waals surface area contributed by atoms with Crippen LogP contribution in [0.1, 0.15) is 22.3 Å². The van der Waals surface area contributed by atoms with Crippen molar-refractivity contribution in [3.05, 3.63) is 64.7 Å². The molecule has 2 rings (SSSR count). The highest BCUT2D eigenvalue weighted by molar-refractivity contribution is 6.31. The first kappa shape index (κ1) is 17.3. The summed E-state index contributed by atoms with van der Waals surface area (Å²) in [5.74, 6) is -0.185. The van der Waals surface area contributed by atoms with E-state index < -0.39 is 0 Å². The molecule has 5 heteroatoms. The van der Waals surface area contributed by atoms with Gasteiger partial charge in [0.05, 0.1) is 5.56 Å². The zero-order valence-electron chi connectivity index (χ0n) is 13.3. The van der Waals surface area contributed by atoms with Gasteiger partial charge in [-0.3, -0.25) is 4.79 Å². The minimum absolute atomic E-state index is 0.185. The maximum atomic E-state index is 12.1. The van der Waals surface area contributed by atoms with Gasteiger partial charge in [0.2, 0.25) is 0 Å². The number of carbonyl (C=O) groups excluding carboxylic acids is 1. The Morgan fingerprint density at radius 3 is 2.70 bits per heavy atom. The van der Waals surface area contributed by atoms with Crippen molar-refractivity contribution in [2.75, 3.05) is 25.9 Å². The molecular weight excluding hydrogens is 310 g/mol. The van der Waals surface area contributed by atoms with E-state index in [0.29, 0.717) is 22.8 Å². The van der Waals surface area contributed by atoms with Crippen molar-refractivity contribution < 1.29 is 4.79 Å². The molecule has 0 saturated heterocycles. The largest absolute Gasteiger partial charge is 0.398 e. The summed E-state index contributed by atoms with van der Waals surface area (Å²) in [6.45, 7) is 2.40. The molecule has 2 aromatic rings. The number of nitrogens with two attached hydrogens (primary N) is 1. The second-order valence-electron chi connectivity index (χ2n) is 5.56. The molecule has 0 aliphatic rings. The van der Waals surface area contributed by atoms with Crippen molar-refractivity contribution in [2.24, 2.45) is 0 Å². The number of hydrogen-bond donors (Lipinski definition) is 2. The lowest BCUT2D eigenvalue weighted by molar-refractivity contribution is 0.0953. The summed E-state index contributed by atoms with van der Waals surface area (Å²) in [5, 5.41) is 3.39. The van der Waals surface area contributed by atoms with Gasteiger partial charge in [0.25, 0.3) is 5.91 Å². The molecule has 1 amide bonds. The SMILES string of the molecule is CN(CCCNC(=O)c1cc(Cl)ccc1N)Cc1ccccc1. The number of amides is 1. The molecule has 4 nitrogen and oxygen atoms in total. The standard InChI is InChI=1S/C18H22ClN3O/c1-22(13-14-6-3-2-4-7-14)11-5-10-21-18(23)16-12-15(19)8-9-17(16)20/h2-4,6-9,12H,5,10-11,13,20H2,1H3,(H,21,23). The molecule has 0 bridgehead atoms. The monoisotopic (exact) mass is 331 g/mol. The van der Waals surface area contributed by atoms with Gasteiger partial charge in [-0.05, 0) is 43.8 Å². The van der Waals surface area contributed by atoms with Gasteiger partial charge in [-0.2, -0.15) is 0 Å². The maximum Gasteiger partial charge on any atom is 0.253 e. The highest BCUT2D eigenvalue weighted by atomic mass is 35.5. The first-order chi connectivity index (χ1) is 11.1. The van der Waals surface area contributed by atoms with Gasteiger partial charge in [-0.25, -0.2) is 0 Å². The van der Waals surface area contributed by atoms with Gasteiger partial charge in [-0.1, -0.05) is 41.9 Å². The van der Waals surface area contributed by atoms with Gasteiger partial charge in [0, 0.05) is 23.8 Å². The average Bonchev–Trinajstić information content (AvgIpc) is 2.54. The number of carbonyl (C=O) groups is 1. The summed E-state index contributed by atoms with van der Waals surface area (Å²) in [7, 11) is 2.07. The van der Waals surface area contributed by atoms with Gasteiger partial charge in [0.1, 0.15) is 0 Å². The minimum Gasteiger partial charge on any atom is -0.398 e. The number of hydrogen-bond acceptors (Lipinski definition) is 3. The third kappa shape index (κ3) is 5.58. The van der Waals surface area contributed by atoms with E-state index in [-0.39, 0.29) is 5.91 Å². The van der Waals surface area contributed by atoms with E-state index in [1.54, 1.807) is 18.2 Å². The number of anilines is 1. The Morgan fingerprint density at radius 2 is 1.96 bits per heavy atom. The highest BCUT2D eigenvalue weighted by Gasteiger charge is 2.09. The Labute approximate surface area is 142 Å². The molecule has 0 heterocycles. The third-order valence-corrected chi connectivity index (χ3v) is 3.79. The summed E-state index contributed by atoms with van der Waals surface area (Å²) in [6, 6.07) is 15.2. The number of rotatable bonds is 7. The number of nitrogen functional groups attached to an aromatic ring is 1. The molecule has 2 aromatic carbocycles. The van der Waals surface area contributed by atoms with Crippen molar-refractivity contribution >= 4 is 23.2 Å². The van der Waals surface area contributed by atoms with Crippen LogP contribution in [0, 0.1) is 0 Å². The van der Waals surface area contributed by atoms with E-state index in [2.05, 4.69) is 29.4 Å². The van der Waals surface area contributed by atoms with E-state index >= 15 is 0 Å². The summed E-state index contributed by atoms with van der Waals surface area (Å²) < 4.78 is 0. The van der Waals surface area contributed by atoms with E-state index in [1.165, 1.54) is 5.56 Å². The Morgan fingerprint density at radius 1 is 1.22 bits per heavy atom. The van der Waals surface area contributed by atoms with Crippen LogP contribution in [0.15, 0.2) is 48.5 Å². The van der Waals surface area contributed by atoms with E-state index in [0.717, 1.165) is 19.5 Å². The molecule has 0 atom stereocenters. The van der Waals surface area contributed by atoms with Crippen LogP contribution in [0.2, 0.25) is 5.02 Å². The molecule has 0 aromatic heterocycles. The Bertz CT molecular complexity index is 646. The van der Waals surface area contributed by atoms with Crippen LogP contribution in [-0.2, 0) is 6.54 Å². The molecule has 0 saturated carbocycles. The van der Waals surface area contributed by atoms with Crippen molar-refractivity contribution in [3.8, 4) is 0 Å². The van der Waals surface area contributed by atoms with Crippen LogP contribution < -0.4 is 11.1 Å². The highest BCUT2D eigenvalue weighted by Crippen LogP contribution is 2.17. The quantitative estimate of drug-likeness (QED) is 0.605. The lowest BCUT2D eigenvalue weighted by Gasteiger charge is -2.16. The average molecular weight is 332 g/mol. The molecule has 0 fully saturated rings. The van der Waals surface area contributed by atoms with Crippen molar-refractivity contribution in [1.82, 2.24) is 10.2 Å². The maximum absolute atomic E-state index is 12.1. The van der Waals surface area contributed by atoms with E-state index in [4.69, 9.17) is 17.3 Å². The molecule has 0 unspecified atom stereocenters. The second-order valence-corrected chi connectivity index (χ2v) is 6.00. The van der Waals surface area contributed by atoms with Gasteiger partial charge in [-0.15, -0.1) is 0 Å². The summed E-state index contributed by atoms with van der Waals surface area (Å²) >= 11 is 5.90. The van der Waals surface area contributed by atoms with Crippen LogP contribution >= 0.6 is 11.6 Å². The van der Waals surface area contributed by atoms with E-state index in [1.807, 2.05) is 18.2 Å². The Balaban J connectivity index is 1.72. The van der Waals surface area contributed by atoms with Crippen molar-refractivity contribution in [1.29, 1.82) is 0 Å².